The molecule has 7 nitrogen and oxygen atoms in total. The summed E-state index contributed by atoms with van der Waals surface area (Å²) >= 11 is 1.09. The maximum Gasteiger partial charge on any atom is 0.290 e. The van der Waals surface area contributed by atoms with E-state index in [0.717, 1.165) is 17.8 Å². The lowest BCUT2D eigenvalue weighted by Crippen LogP contribution is -1.94. The number of nitro groups is 2. The Morgan fingerprint density at radius 1 is 1.05 bits per heavy atom. The van der Waals surface area contributed by atoms with E-state index in [-0.39, 0.29) is 11.4 Å². The van der Waals surface area contributed by atoms with Crippen molar-refractivity contribution in [3.8, 4) is 0 Å². The molecule has 2 rings (SSSR count). The highest BCUT2D eigenvalue weighted by Crippen LogP contribution is 2.35. The molecule has 0 unspecified atom stereocenters. The van der Waals surface area contributed by atoms with Gasteiger partial charge in [-0.05, 0) is 18.2 Å². The molecule has 1 aromatic carbocycles. The number of nitro benzene ring substituents is 2. The SMILES string of the molecule is O=[N+]([O-])c1ccc(Sc2ccccn2)c([N+](=O)[O-])c1. The van der Waals surface area contributed by atoms with E-state index in [1.165, 1.54) is 12.1 Å². The maximum absolute atomic E-state index is 10.9. The second-order valence-corrected chi connectivity index (χ2v) is 4.50. The summed E-state index contributed by atoms with van der Waals surface area (Å²) in [6.07, 6.45) is 1.57. The number of aromatic nitrogens is 1. The van der Waals surface area contributed by atoms with Gasteiger partial charge < -0.3 is 0 Å². The smallest absolute Gasteiger partial charge is 0.258 e. The van der Waals surface area contributed by atoms with Crippen molar-refractivity contribution in [3.05, 3.63) is 62.8 Å². The van der Waals surface area contributed by atoms with Crippen LogP contribution in [-0.2, 0) is 0 Å². The molecule has 2 aromatic rings. The van der Waals surface area contributed by atoms with Crippen LogP contribution in [0.1, 0.15) is 0 Å². The first-order valence-corrected chi connectivity index (χ1v) is 5.91. The van der Waals surface area contributed by atoms with E-state index in [1.807, 2.05) is 0 Å². The van der Waals surface area contributed by atoms with Crippen LogP contribution in [0.4, 0.5) is 11.4 Å². The Morgan fingerprint density at radius 3 is 2.42 bits per heavy atom. The van der Waals surface area contributed by atoms with E-state index in [9.17, 15) is 20.2 Å². The topological polar surface area (TPSA) is 99.2 Å². The van der Waals surface area contributed by atoms with Crippen molar-refractivity contribution in [1.29, 1.82) is 0 Å². The predicted octanol–water partition coefficient (Wildman–Crippen LogP) is 3.05. The number of rotatable bonds is 4. The van der Waals surface area contributed by atoms with Gasteiger partial charge in [0.2, 0.25) is 0 Å². The maximum atomic E-state index is 10.9. The Morgan fingerprint density at radius 2 is 1.84 bits per heavy atom. The lowest BCUT2D eigenvalue weighted by molar-refractivity contribution is -0.396. The largest absolute Gasteiger partial charge is 0.290 e. The van der Waals surface area contributed by atoms with E-state index in [2.05, 4.69) is 4.98 Å². The van der Waals surface area contributed by atoms with E-state index in [0.29, 0.717) is 9.92 Å². The van der Waals surface area contributed by atoms with Crippen molar-refractivity contribution in [2.75, 3.05) is 0 Å². The molecule has 19 heavy (non-hydrogen) atoms. The molecule has 0 fully saturated rings. The summed E-state index contributed by atoms with van der Waals surface area (Å²) < 4.78 is 0. The monoisotopic (exact) mass is 277 g/mol. The van der Waals surface area contributed by atoms with Gasteiger partial charge in [0.05, 0.1) is 20.8 Å². The van der Waals surface area contributed by atoms with E-state index >= 15 is 0 Å². The Kier molecular flexibility index (Phi) is 3.71. The second-order valence-electron chi connectivity index (χ2n) is 3.44. The fourth-order valence-electron chi connectivity index (χ4n) is 1.37. The Labute approximate surface area is 111 Å². The van der Waals surface area contributed by atoms with Gasteiger partial charge in [-0.1, -0.05) is 17.8 Å². The predicted molar refractivity (Wildman–Crippen MR) is 68.1 cm³/mol. The van der Waals surface area contributed by atoms with Gasteiger partial charge in [0.1, 0.15) is 5.03 Å². The van der Waals surface area contributed by atoms with Gasteiger partial charge >= 0.3 is 0 Å². The Bertz CT molecular complexity index is 633. The van der Waals surface area contributed by atoms with Crippen molar-refractivity contribution in [1.82, 2.24) is 4.98 Å². The highest BCUT2D eigenvalue weighted by molar-refractivity contribution is 7.99. The standard InChI is InChI=1S/C11H7N3O4S/c15-13(16)8-4-5-10(9(7-8)14(17)18)19-11-3-1-2-6-12-11/h1-7H. The molecule has 0 spiro atoms. The molecule has 0 N–H and O–H groups in total. The van der Waals surface area contributed by atoms with Crippen LogP contribution in [0, 0.1) is 20.2 Å². The molecule has 0 aliphatic rings. The first-order chi connectivity index (χ1) is 9.08. The summed E-state index contributed by atoms with van der Waals surface area (Å²) in [6, 6.07) is 8.73. The van der Waals surface area contributed by atoms with Gasteiger partial charge in [0.15, 0.2) is 0 Å². The molecule has 0 aliphatic heterocycles. The first kappa shape index (κ1) is 13.0. The van der Waals surface area contributed by atoms with Crippen LogP contribution in [0.2, 0.25) is 0 Å². The highest BCUT2D eigenvalue weighted by atomic mass is 32.2. The van der Waals surface area contributed by atoms with Gasteiger partial charge in [-0.15, -0.1) is 0 Å². The molecule has 0 aliphatic carbocycles. The van der Waals surface area contributed by atoms with Gasteiger partial charge in [-0.3, -0.25) is 20.2 Å². The average Bonchev–Trinajstić information content (AvgIpc) is 2.39. The lowest BCUT2D eigenvalue weighted by Gasteiger charge is -2.02. The fourth-order valence-corrected chi connectivity index (χ4v) is 2.23. The van der Waals surface area contributed by atoms with Crippen molar-refractivity contribution in [2.45, 2.75) is 9.92 Å². The minimum Gasteiger partial charge on any atom is -0.258 e. The van der Waals surface area contributed by atoms with Gasteiger partial charge in [-0.25, -0.2) is 4.98 Å². The Balaban J connectivity index is 2.40. The molecule has 0 atom stereocenters. The van der Waals surface area contributed by atoms with E-state index in [1.54, 1.807) is 24.4 Å². The van der Waals surface area contributed by atoms with Crippen molar-refractivity contribution >= 4 is 23.1 Å². The summed E-state index contributed by atoms with van der Waals surface area (Å²) in [4.78, 5) is 24.6. The van der Waals surface area contributed by atoms with E-state index < -0.39 is 9.85 Å². The molecule has 1 heterocycles. The van der Waals surface area contributed by atoms with Gasteiger partial charge in [0, 0.05) is 12.3 Å². The molecular weight excluding hydrogens is 270 g/mol. The molecule has 0 amide bonds. The average molecular weight is 277 g/mol. The summed E-state index contributed by atoms with van der Waals surface area (Å²) in [6.45, 7) is 0. The van der Waals surface area contributed by atoms with Crippen LogP contribution in [0.5, 0.6) is 0 Å². The quantitative estimate of drug-likeness (QED) is 0.629. The van der Waals surface area contributed by atoms with Crippen molar-refractivity contribution < 1.29 is 9.85 Å². The lowest BCUT2D eigenvalue weighted by atomic mass is 10.3. The molecule has 96 valence electrons. The number of non-ortho nitro benzene ring substituents is 1. The Hall–Kier alpha value is -2.48. The molecular formula is C11H7N3O4S. The summed E-state index contributed by atoms with van der Waals surface area (Å²) in [5.74, 6) is 0. The normalized spacial score (nSPS) is 10.1. The van der Waals surface area contributed by atoms with Crippen LogP contribution >= 0.6 is 11.8 Å². The van der Waals surface area contributed by atoms with Crippen molar-refractivity contribution in [2.24, 2.45) is 0 Å². The third-order valence-corrected chi connectivity index (χ3v) is 3.22. The summed E-state index contributed by atoms with van der Waals surface area (Å²) in [7, 11) is 0. The minimum atomic E-state index is -0.664. The molecule has 0 bridgehead atoms. The third-order valence-electron chi connectivity index (χ3n) is 2.20. The molecule has 0 saturated carbocycles. The van der Waals surface area contributed by atoms with Gasteiger partial charge in [-0.2, -0.15) is 0 Å². The van der Waals surface area contributed by atoms with Crippen LogP contribution < -0.4 is 0 Å². The number of benzene rings is 1. The number of nitrogens with zero attached hydrogens (tertiary/aromatic N) is 3. The molecule has 0 saturated heterocycles. The summed E-state index contributed by atoms with van der Waals surface area (Å²) in [5.41, 5.74) is -0.609. The minimum absolute atomic E-state index is 0.301. The van der Waals surface area contributed by atoms with E-state index in [4.69, 9.17) is 0 Å². The number of pyridine rings is 1. The van der Waals surface area contributed by atoms with Crippen LogP contribution in [0.3, 0.4) is 0 Å². The third kappa shape index (κ3) is 3.05. The zero-order valence-corrected chi connectivity index (χ0v) is 10.2. The van der Waals surface area contributed by atoms with Crippen LogP contribution in [0.15, 0.2) is 52.5 Å². The van der Waals surface area contributed by atoms with Crippen LogP contribution in [0.25, 0.3) is 0 Å². The summed E-state index contributed by atoms with van der Waals surface area (Å²) in [5, 5.41) is 22.1. The second kappa shape index (κ2) is 5.44. The van der Waals surface area contributed by atoms with Crippen molar-refractivity contribution in [3.63, 3.8) is 0 Å². The number of hydrogen-bond acceptors (Lipinski definition) is 6. The zero-order valence-electron chi connectivity index (χ0n) is 9.42. The highest BCUT2D eigenvalue weighted by Gasteiger charge is 2.20. The molecule has 0 radical (unpaired) electrons. The first-order valence-electron chi connectivity index (χ1n) is 5.09. The fraction of sp³-hybridized carbons (Fsp3) is 0. The molecule has 8 heteroatoms. The van der Waals surface area contributed by atoms with Crippen LogP contribution in [-0.4, -0.2) is 14.8 Å². The molecule has 1 aromatic heterocycles. The number of hydrogen-bond donors (Lipinski definition) is 0. The van der Waals surface area contributed by atoms with Gasteiger partial charge in [0.25, 0.3) is 11.4 Å². The zero-order chi connectivity index (χ0) is 13.8.